The van der Waals surface area contributed by atoms with Gasteiger partial charge in [0.1, 0.15) is 18.5 Å². The summed E-state index contributed by atoms with van der Waals surface area (Å²) in [6.45, 7) is 6.28. The summed E-state index contributed by atoms with van der Waals surface area (Å²) in [7, 11) is 0. The molecule has 1 atom stereocenters. The molecule has 1 aromatic carbocycles. The largest absolute Gasteiger partial charge is 0.491 e. The Morgan fingerprint density at radius 1 is 1.33 bits per heavy atom. The number of ether oxygens (including phenoxy) is 1. The molecule has 3 N–H and O–H groups in total. The number of amides is 1. The van der Waals surface area contributed by atoms with Crippen LogP contribution in [-0.4, -0.2) is 36.3 Å². The fourth-order valence-electron chi connectivity index (χ4n) is 1.55. The number of rotatable bonds is 8. The SMILES string of the molecule is CC(=O)NC=Cc1ccc(OCC(O)CNC(C)C)cc1. The molecule has 0 radical (unpaired) electrons. The number of hydrogen-bond donors (Lipinski definition) is 3. The molecule has 0 aliphatic rings. The van der Waals surface area contributed by atoms with E-state index in [4.69, 9.17) is 4.74 Å². The van der Waals surface area contributed by atoms with Crippen LogP contribution in [0.25, 0.3) is 6.08 Å². The summed E-state index contributed by atoms with van der Waals surface area (Å²) >= 11 is 0. The van der Waals surface area contributed by atoms with E-state index in [0.717, 1.165) is 5.56 Å². The van der Waals surface area contributed by atoms with Gasteiger partial charge in [-0.25, -0.2) is 0 Å². The van der Waals surface area contributed by atoms with Crippen molar-refractivity contribution < 1.29 is 14.6 Å². The zero-order valence-corrected chi connectivity index (χ0v) is 12.8. The molecule has 0 spiro atoms. The number of aliphatic hydroxyl groups excluding tert-OH is 1. The van der Waals surface area contributed by atoms with E-state index in [0.29, 0.717) is 18.3 Å². The lowest BCUT2D eigenvalue weighted by atomic mass is 10.2. The van der Waals surface area contributed by atoms with Gasteiger partial charge in [0.05, 0.1) is 0 Å². The first kappa shape index (κ1) is 17.2. The maximum Gasteiger partial charge on any atom is 0.220 e. The van der Waals surface area contributed by atoms with Crippen molar-refractivity contribution in [2.24, 2.45) is 0 Å². The number of carbonyl (C=O) groups is 1. The summed E-state index contributed by atoms with van der Waals surface area (Å²) in [5.41, 5.74) is 0.957. The Labute approximate surface area is 126 Å². The summed E-state index contributed by atoms with van der Waals surface area (Å²) < 4.78 is 5.51. The van der Waals surface area contributed by atoms with Crippen LogP contribution in [0.5, 0.6) is 5.75 Å². The van der Waals surface area contributed by atoms with Gasteiger partial charge >= 0.3 is 0 Å². The number of nitrogens with one attached hydrogen (secondary N) is 2. The van der Waals surface area contributed by atoms with Crippen LogP contribution in [-0.2, 0) is 4.79 Å². The van der Waals surface area contributed by atoms with Crippen LogP contribution in [0.4, 0.5) is 0 Å². The van der Waals surface area contributed by atoms with E-state index in [1.54, 1.807) is 12.3 Å². The minimum atomic E-state index is -0.535. The average molecular weight is 292 g/mol. The van der Waals surface area contributed by atoms with Crippen molar-refractivity contribution in [1.82, 2.24) is 10.6 Å². The van der Waals surface area contributed by atoms with E-state index in [2.05, 4.69) is 10.6 Å². The maximum atomic E-state index is 10.7. The molecule has 116 valence electrons. The van der Waals surface area contributed by atoms with Crippen molar-refractivity contribution in [3.63, 3.8) is 0 Å². The highest BCUT2D eigenvalue weighted by Crippen LogP contribution is 2.13. The second kappa shape index (κ2) is 9.15. The Hall–Kier alpha value is -1.85. The molecule has 0 aliphatic heterocycles. The third-order valence-corrected chi connectivity index (χ3v) is 2.65. The Morgan fingerprint density at radius 2 is 2.00 bits per heavy atom. The van der Waals surface area contributed by atoms with E-state index in [9.17, 15) is 9.90 Å². The highest BCUT2D eigenvalue weighted by atomic mass is 16.5. The van der Waals surface area contributed by atoms with Gasteiger partial charge in [-0.05, 0) is 23.8 Å². The lowest BCUT2D eigenvalue weighted by molar-refractivity contribution is -0.118. The second-order valence-electron chi connectivity index (χ2n) is 5.13. The Bertz CT molecular complexity index is 455. The van der Waals surface area contributed by atoms with Crippen LogP contribution in [0.3, 0.4) is 0 Å². The molecule has 0 aromatic heterocycles. The summed E-state index contributed by atoms with van der Waals surface area (Å²) in [6.07, 6.45) is 2.86. The molecule has 5 nitrogen and oxygen atoms in total. The molecule has 1 amide bonds. The summed E-state index contributed by atoms with van der Waals surface area (Å²) in [6, 6.07) is 7.76. The van der Waals surface area contributed by atoms with Crippen molar-refractivity contribution >= 4 is 12.0 Å². The lowest BCUT2D eigenvalue weighted by Gasteiger charge is -2.15. The van der Waals surface area contributed by atoms with Crippen LogP contribution in [0, 0.1) is 0 Å². The number of hydrogen-bond acceptors (Lipinski definition) is 4. The van der Waals surface area contributed by atoms with E-state index >= 15 is 0 Å². The minimum absolute atomic E-state index is 0.102. The summed E-state index contributed by atoms with van der Waals surface area (Å²) in [4.78, 5) is 10.7. The Morgan fingerprint density at radius 3 is 2.57 bits per heavy atom. The molecule has 1 aromatic rings. The predicted molar refractivity (Wildman–Crippen MR) is 83.9 cm³/mol. The standard InChI is InChI=1S/C16H24N2O3/c1-12(2)18-10-15(20)11-21-16-6-4-14(5-7-16)8-9-17-13(3)19/h4-9,12,15,18,20H,10-11H2,1-3H3,(H,17,19). The van der Waals surface area contributed by atoms with E-state index in [-0.39, 0.29) is 12.5 Å². The van der Waals surface area contributed by atoms with Crippen LogP contribution in [0.15, 0.2) is 30.5 Å². The van der Waals surface area contributed by atoms with Crippen LogP contribution in [0.2, 0.25) is 0 Å². The number of benzene rings is 1. The van der Waals surface area contributed by atoms with Gasteiger partial charge in [-0.3, -0.25) is 4.79 Å². The van der Waals surface area contributed by atoms with Gasteiger partial charge in [-0.2, -0.15) is 0 Å². The molecule has 0 saturated heterocycles. The highest BCUT2D eigenvalue weighted by Gasteiger charge is 2.05. The van der Waals surface area contributed by atoms with Crippen molar-refractivity contribution in [1.29, 1.82) is 0 Å². The van der Waals surface area contributed by atoms with Gasteiger partial charge in [0.15, 0.2) is 0 Å². The van der Waals surface area contributed by atoms with Gasteiger partial charge < -0.3 is 20.5 Å². The van der Waals surface area contributed by atoms with Gasteiger partial charge in [0.2, 0.25) is 5.91 Å². The summed E-state index contributed by atoms with van der Waals surface area (Å²) in [5, 5.41) is 15.5. The van der Waals surface area contributed by atoms with Crippen LogP contribution < -0.4 is 15.4 Å². The second-order valence-corrected chi connectivity index (χ2v) is 5.13. The molecule has 0 aliphatic carbocycles. The Balaban J connectivity index is 2.37. The third kappa shape index (κ3) is 8.12. The first-order valence-corrected chi connectivity index (χ1v) is 7.05. The van der Waals surface area contributed by atoms with Crippen molar-refractivity contribution in [3.8, 4) is 5.75 Å². The first-order valence-electron chi connectivity index (χ1n) is 7.05. The zero-order chi connectivity index (χ0) is 15.7. The highest BCUT2D eigenvalue weighted by molar-refractivity contribution is 5.74. The molecule has 0 heterocycles. The normalized spacial score (nSPS) is 12.6. The minimum Gasteiger partial charge on any atom is -0.491 e. The fourth-order valence-corrected chi connectivity index (χ4v) is 1.55. The van der Waals surface area contributed by atoms with Gasteiger partial charge in [0.25, 0.3) is 0 Å². The number of aliphatic hydroxyl groups is 1. The molecule has 0 bridgehead atoms. The molecular formula is C16H24N2O3. The fraction of sp³-hybridized carbons (Fsp3) is 0.438. The molecule has 21 heavy (non-hydrogen) atoms. The Kier molecular flexibility index (Phi) is 7.50. The topological polar surface area (TPSA) is 70.6 Å². The number of carbonyl (C=O) groups excluding carboxylic acids is 1. The third-order valence-electron chi connectivity index (χ3n) is 2.65. The van der Waals surface area contributed by atoms with E-state index < -0.39 is 6.10 Å². The van der Waals surface area contributed by atoms with Crippen LogP contribution >= 0.6 is 0 Å². The molecule has 1 unspecified atom stereocenters. The lowest BCUT2D eigenvalue weighted by Crippen LogP contribution is -2.35. The molecular weight excluding hydrogens is 268 g/mol. The molecule has 5 heteroatoms. The summed E-state index contributed by atoms with van der Waals surface area (Å²) in [5.74, 6) is 0.602. The maximum absolute atomic E-state index is 10.7. The van der Waals surface area contributed by atoms with Gasteiger partial charge in [0, 0.05) is 25.7 Å². The first-order chi connectivity index (χ1) is 9.97. The van der Waals surface area contributed by atoms with E-state index in [1.807, 2.05) is 38.1 Å². The average Bonchev–Trinajstić information content (AvgIpc) is 2.44. The zero-order valence-electron chi connectivity index (χ0n) is 12.8. The van der Waals surface area contributed by atoms with Crippen LogP contribution in [0.1, 0.15) is 26.3 Å². The van der Waals surface area contributed by atoms with Gasteiger partial charge in [-0.15, -0.1) is 0 Å². The van der Waals surface area contributed by atoms with Crippen molar-refractivity contribution in [2.75, 3.05) is 13.2 Å². The monoisotopic (exact) mass is 292 g/mol. The van der Waals surface area contributed by atoms with Crippen molar-refractivity contribution in [3.05, 3.63) is 36.0 Å². The predicted octanol–water partition coefficient (Wildman–Crippen LogP) is 1.53. The van der Waals surface area contributed by atoms with Gasteiger partial charge in [-0.1, -0.05) is 26.0 Å². The quantitative estimate of drug-likeness (QED) is 0.679. The smallest absolute Gasteiger partial charge is 0.220 e. The molecule has 0 saturated carbocycles. The molecule has 1 rings (SSSR count). The van der Waals surface area contributed by atoms with E-state index in [1.165, 1.54) is 6.92 Å². The van der Waals surface area contributed by atoms with Crippen molar-refractivity contribution in [2.45, 2.75) is 32.9 Å². The molecule has 0 fully saturated rings.